The number of halogens is 1. The van der Waals surface area contributed by atoms with E-state index in [0.717, 1.165) is 34.3 Å². The summed E-state index contributed by atoms with van der Waals surface area (Å²) in [5.74, 6) is 1.02. The lowest BCUT2D eigenvalue weighted by Crippen LogP contribution is -1.95. The maximum absolute atomic E-state index is 6.08. The van der Waals surface area contributed by atoms with E-state index >= 15 is 0 Å². The standard InChI is InChI=1S/C12H14ClN3S/c13-11-3-2-10(14)8-12(11)17-7-1-5-16-6-4-15-9-16/h2-4,6,8-9H,1,5,7,14H2. The van der Waals surface area contributed by atoms with Gasteiger partial charge in [-0.3, -0.25) is 0 Å². The highest BCUT2D eigenvalue weighted by molar-refractivity contribution is 7.99. The summed E-state index contributed by atoms with van der Waals surface area (Å²) in [6, 6.07) is 5.58. The molecule has 1 aromatic heterocycles. The van der Waals surface area contributed by atoms with Crippen LogP contribution in [0.4, 0.5) is 5.69 Å². The predicted molar refractivity (Wildman–Crippen MR) is 73.4 cm³/mol. The summed E-state index contributed by atoms with van der Waals surface area (Å²) in [5.41, 5.74) is 6.48. The van der Waals surface area contributed by atoms with Gasteiger partial charge in [0.05, 0.1) is 11.3 Å². The minimum absolute atomic E-state index is 0.756. The average Bonchev–Trinajstić information content (AvgIpc) is 2.82. The highest BCUT2D eigenvalue weighted by Gasteiger charge is 2.01. The van der Waals surface area contributed by atoms with E-state index in [-0.39, 0.29) is 0 Å². The second kappa shape index (κ2) is 5.98. The van der Waals surface area contributed by atoms with Gasteiger partial charge in [0.1, 0.15) is 0 Å². The summed E-state index contributed by atoms with van der Waals surface area (Å²) in [6.07, 6.45) is 6.67. The maximum atomic E-state index is 6.08. The monoisotopic (exact) mass is 267 g/mol. The molecule has 2 N–H and O–H groups in total. The van der Waals surface area contributed by atoms with Crippen molar-refractivity contribution in [3.05, 3.63) is 41.9 Å². The number of hydrogen-bond donors (Lipinski definition) is 1. The van der Waals surface area contributed by atoms with Crippen LogP contribution in [0.5, 0.6) is 0 Å². The molecular weight excluding hydrogens is 254 g/mol. The van der Waals surface area contributed by atoms with Crippen LogP contribution >= 0.6 is 23.4 Å². The zero-order valence-corrected chi connectivity index (χ0v) is 10.9. The predicted octanol–water partition coefficient (Wildman–Crippen LogP) is 3.30. The molecular formula is C12H14ClN3S. The minimum atomic E-state index is 0.756. The molecule has 5 heteroatoms. The Hall–Kier alpha value is -1.13. The summed E-state index contributed by atoms with van der Waals surface area (Å²) in [7, 11) is 0. The van der Waals surface area contributed by atoms with Crippen molar-refractivity contribution >= 4 is 29.1 Å². The molecule has 2 rings (SSSR count). The van der Waals surface area contributed by atoms with Crippen molar-refractivity contribution < 1.29 is 0 Å². The molecule has 0 fully saturated rings. The first kappa shape index (κ1) is 12.3. The van der Waals surface area contributed by atoms with Gasteiger partial charge in [0.25, 0.3) is 0 Å². The molecule has 1 aromatic carbocycles. The third-order valence-corrected chi connectivity index (χ3v) is 3.92. The number of nitrogen functional groups attached to an aromatic ring is 1. The molecule has 1 heterocycles. The van der Waals surface area contributed by atoms with Crippen LogP contribution < -0.4 is 5.73 Å². The van der Waals surface area contributed by atoms with E-state index in [9.17, 15) is 0 Å². The normalized spacial score (nSPS) is 10.6. The third-order valence-electron chi connectivity index (χ3n) is 2.33. The lowest BCUT2D eigenvalue weighted by Gasteiger charge is -2.05. The number of nitrogens with two attached hydrogens (primary N) is 1. The van der Waals surface area contributed by atoms with Crippen molar-refractivity contribution in [3.8, 4) is 0 Å². The molecule has 0 amide bonds. The Morgan fingerprint density at radius 3 is 3.06 bits per heavy atom. The van der Waals surface area contributed by atoms with Crippen LogP contribution in [-0.2, 0) is 6.54 Å². The second-order valence-electron chi connectivity index (χ2n) is 3.69. The van der Waals surface area contributed by atoms with E-state index in [2.05, 4.69) is 9.55 Å². The van der Waals surface area contributed by atoms with E-state index in [1.54, 1.807) is 18.0 Å². The van der Waals surface area contributed by atoms with Gasteiger partial charge in [-0.25, -0.2) is 4.98 Å². The molecule has 3 nitrogen and oxygen atoms in total. The molecule has 0 aliphatic carbocycles. The number of aromatic nitrogens is 2. The zero-order chi connectivity index (χ0) is 12.1. The van der Waals surface area contributed by atoms with Gasteiger partial charge in [-0.15, -0.1) is 11.8 Å². The van der Waals surface area contributed by atoms with Crippen LogP contribution in [-0.4, -0.2) is 15.3 Å². The molecule has 0 unspecified atom stereocenters. The van der Waals surface area contributed by atoms with Crippen LogP contribution in [0, 0.1) is 0 Å². The Morgan fingerprint density at radius 2 is 2.29 bits per heavy atom. The summed E-state index contributed by atoms with van der Waals surface area (Å²) in [4.78, 5) is 5.06. The first-order valence-corrected chi connectivity index (χ1v) is 6.75. The molecule has 0 atom stereocenters. The summed E-state index contributed by atoms with van der Waals surface area (Å²) >= 11 is 7.82. The fourth-order valence-electron chi connectivity index (χ4n) is 1.48. The maximum Gasteiger partial charge on any atom is 0.0945 e. The van der Waals surface area contributed by atoms with E-state index in [4.69, 9.17) is 17.3 Å². The fraction of sp³-hybridized carbons (Fsp3) is 0.250. The lowest BCUT2D eigenvalue weighted by molar-refractivity contribution is 0.683. The highest BCUT2D eigenvalue weighted by Crippen LogP contribution is 2.29. The van der Waals surface area contributed by atoms with Gasteiger partial charge in [-0.1, -0.05) is 11.6 Å². The molecule has 90 valence electrons. The number of aryl methyl sites for hydroxylation is 1. The molecule has 0 aliphatic rings. The lowest BCUT2D eigenvalue weighted by atomic mass is 10.3. The molecule has 2 aromatic rings. The van der Waals surface area contributed by atoms with Crippen molar-refractivity contribution in [1.82, 2.24) is 9.55 Å². The third kappa shape index (κ3) is 3.68. The second-order valence-corrected chi connectivity index (χ2v) is 5.24. The van der Waals surface area contributed by atoms with Gasteiger partial charge < -0.3 is 10.3 Å². The van der Waals surface area contributed by atoms with E-state index in [1.807, 2.05) is 30.7 Å². The minimum Gasteiger partial charge on any atom is -0.399 e. The van der Waals surface area contributed by atoms with Crippen molar-refractivity contribution in [2.75, 3.05) is 11.5 Å². The topological polar surface area (TPSA) is 43.8 Å². The largest absolute Gasteiger partial charge is 0.399 e. The quantitative estimate of drug-likeness (QED) is 0.514. The Bertz CT molecular complexity index is 471. The number of anilines is 1. The van der Waals surface area contributed by atoms with E-state index in [1.165, 1.54) is 0 Å². The number of hydrogen-bond acceptors (Lipinski definition) is 3. The Balaban J connectivity index is 1.80. The van der Waals surface area contributed by atoms with Crippen LogP contribution in [0.15, 0.2) is 41.8 Å². The molecule has 0 spiro atoms. The van der Waals surface area contributed by atoms with Gasteiger partial charge in [-0.2, -0.15) is 0 Å². The highest BCUT2D eigenvalue weighted by atomic mass is 35.5. The van der Waals surface area contributed by atoms with Crippen molar-refractivity contribution in [2.45, 2.75) is 17.9 Å². The van der Waals surface area contributed by atoms with Crippen molar-refractivity contribution in [3.63, 3.8) is 0 Å². The molecule has 0 saturated heterocycles. The average molecular weight is 268 g/mol. The van der Waals surface area contributed by atoms with Crippen LogP contribution in [0.1, 0.15) is 6.42 Å². The van der Waals surface area contributed by atoms with Crippen molar-refractivity contribution in [1.29, 1.82) is 0 Å². The fourth-order valence-corrected chi connectivity index (χ4v) is 2.68. The van der Waals surface area contributed by atoms with Gasteiger partial charge in [0, 0.05) is 29.5 Å². The smallest absolute Gasteiger partial charge is 0.0945 e. The summed E-state index contributed by atoms with van der Waals surface area (Å²) in [5, 5.41) is 0.770. The Labute approximate surface area is 110 Å². The van der Waals surface area contributed by atoms with Crippen LogP contribution in [0.2, 0.25) is 5.02 Å². The Morgan fingerprint density at radius 1 is 1.41 bits per heavy atom. The van der Waals surface area contributed by atoms with E-state index < -0.39 is 0 Å². The van der Waals surface area contributed by atoms with Gasteiger partial charge in [-0.05, 0) is 30.4 Å². The van der Waals surface area contributed by atoms with Gasteiger partial charge in [0.2, 0.25) is 0 Å². The summed E-state index contributed by atoms with van der Waals surface area (Å²) in [6.45, 7) is 0.979. The number of benzene rings is 1. The van der Waals surface area contributed by atoms with Gasteiger partial charge >= 0.3 is 0 Å². The Kier molecular flexibility index (Phi) is 4.34. The first-order valence-electron chi connectivity index (χ1n) is 5.39. The molecule has 0 aliphatic heterocycles. The van der Waals surface area contributed by atoms with Crippen LogP contribution in [0.3, 0.4) is 0 Å². The molecule has 0 saturated carbocycles. The summed E-state index contributed by atoms with van der Waals surface area (Å²) < 4.78 is 2.07. The zero-order valence-electron chi connectivity index (χ0n) is 9.34. The van der Waals surface area contributed by atoms with E-state index in [0.29, 0.717) is 0 Å². The number of imidazole rings is 1. The van der Waals surface area contributed by atoms with Crippen molar-refractivity contribution in [2.24, 2.45) is 0 Å². The molecule has 0 bridgehead atoms. The number of nitrogens with zero attached hydrogens (tertiary/aromatic N) is 2. The van der Waals surface area contributed by atoms with Gasteiger partial charge in [0.15, 0.2) is 0 Å². The molecule has 17 heavy (non-hydrogen) atoms. The van der Waals surface area contributed by atoms with Crippen LogP contribution in [0.25, 0.3) is 0 Å². The first-order chi connectivity index (χ1) is 8.25. The molecule has 0 radical (unpaired) electrons. The SMILES string of the molecule is Nc1ccc(Cl)c(SCCCn2ccnc2)c1. The number of thioether (sulfide) groups is 1. The number of rotatable bonds is 5.